The number of nitrogen functional groups attached to an aromatic ring is 1. The van der Waals surface area contributed by atoms with Crippen molar-refractivity contribution >= 4 is 11.3 Å². The van der Waals surface area contributed by atoms with E-state index in [1.165, 1.54) is 0 Å². The van der Waals surface area contributed by atoms with Crippen molar-refractivity contribution in [3.8, 4) is 0 Å². The molecule has 0 bridgehead atoms. The zero-order valence-corrected chi connectivity index (χ0v) is 11.9. The van der Waals surface area contributed by atoms with E-state index in [1.807, 2.05) is 17.5 Å². The highest BCUT2D eigenvalue weighted by Crippen LogP contribution is 2.30. The molecule has 0 radical (unpaired) electrons. The lowest BCUT2D eigenvalue weighted by Crippen LogP contribution is -2.29. The molecule has 0 aromatic carbocycles. The average molecular weight is 276 g/mol. The summed E-state index contributed by atoms with van der Waals surface area (Å²) >= 11 is 0. The third-order valence-corrected chi connectivity index (χ3v) is 3.87. The van der Waals surface area contributed by atoms with Crippen LogP contribution in [0.2, 0.25) is 0 Å². The van der Waals surface area contributed by atoms with E-state index in [2.05, 4.69) is 9.97 Å². The Kier molecular flexibility index (Phi) is 3.58. The molecule has 1 aliphatic heterocycles. The molecule has 2 atom stereocenters. The van der Waals surface area contributed by atoms with Gasteiger partial charge in [-0.2, -0.15) is 0 Å². The minimum Gasteiger partial charge on any atom is -0.382 e. The van der Waals surface area contributed by atoms with E-state index in [0.29, 0.717) is 24.9 Å². The number of nitrogens with zero attached hydrogens (tertiary/aromatic N) is 3. The van der Waals surface area contributed by atoms with Crippen LogP contribution in [0.1, 0.15) is 30.3 Å². The second kappa shape index (κ2) is 5.38. The molecule has 2 aromatic rings. The SMILES string of the molecule is COCC1CCC(c2nc(C)c3c(N)nccn23)CO1. The number of ether oxygens (including phenoxy) is 2. The van der Waals surface area contributed by atoms with Gasteiger partial charge in [0.1, 0.15) is 17.2 Å². The van der Waals surface area contributed by atoms with Gasteiger partial charge in [-0.15, -0.1) is 0 Å². The molecule has 1 aliphatic rings. The number of methoxy groups -OCH3 is 1. The molecule has 2 unspecified atom stereocenters. The van der Waals surface area contributed by atoms with Crippen molar-refractivity contribution in [1.82, 2.24) is 14.4 Å². The van der Waals surface area contributed by atoms with Crippen LogP contribution < -0.4 is 5.73 Å². The Morgan fingerprint density at radius 1 is 1.50 bits per heavy atom. The fourth-order valence-corrected chi connectivity index (χ4v) is 2.88. The average Bonchev–Trinajstić information content (AvgIpc) is 2.79. The topological polar surface area (TPSA) is 74.7 Å². The summed E-state index contributed by atoms with van der Waals surface area (Å²) in [6.07, 6.45) is 5.88. The molecule has 1 fully saturated rings. The van der Waals surface area contributed by atoms with Crippen LogP contribution in [0.5, 0.6) is 0 Å². The molecule has 6 heteroatoms. The van der Waals surface area contributed by atoms with Crippen molar-refractivity contribution in [2.75, 3.05) is 26.1 Å². The fraction of sp³-hybridized carbons (Fsp3) is 0.571. The Bertz CT molecular complexity index is 602. The Labute approximate surface area is 117 Å². The smallest absolute Gasteiger partial charge is 0.149 e. The normalized spacial score (nSPS) is 23.3. The predicted octanol–water partition coefficient (Wildman–Crippen LogP) is 1.53. The van der Waals surface area contributed by atoms with Crippen LogP contribution in [-0.4, -0.2) is 40.8 Å². The first-order valence-electron chi connectivity index (χ1n) is 6.90. The standard InChI is InChI=1S/C14H20N4O2/c1-9-12-13(15)16-5-6-18(12)14(17-9)10-3-4-11(8-19-2)20-7-10/h5-6,10-11H,3-4,7-8H2,1-2H3,(H2,15,16). The summed E-state index contributed by atoms with van der Waals surface area (Å²) < 4.78 is 13.0. The van der Waals surface area contributed by atoms with Crippen LogP contribution >= 0.6 is 0 Å². The Balaban J connectivity index is 1.87. The Hall–Kier alpha value is -1.66. The van der Waals surface area contributed by atoms with Gasteiger partial charge in [-0.05, 0) is 19.8 Å². The van der Waals surface area contributed by atoms with Crippen molar-refractivity contribution in [3.63, 3.8) is 0 Å². The molecule has 0 aliphatic carbocycles. The molecule has 2 aromatic heterocycles. The van der Waals surface area contributed by atoms with Gasteiger partial charge in [0.15, 0.2) is 0 Å². The molecule has 3 rings (SSSR count). The summed E-state index contributed by atoms with van der Waals surface area (Å²) in [4.78, 5) is 8.81. The molecule has 3 heterocycles. The highest BCUT2D eigenvalue weighted by Gasteiger charge is 2.26. The van der Waals surface area contributed by atoms with Crippen LogP contribution in [-0.2, 0) is 9.47 Å². The largest absolute Gasteiger partial charge is 0.382 e. The van der Waals surface area contributed by atoms with E-state index in [1.54, 1.807) is 13.3 Å². The van der Waals surface area contributed by atoms with E-state index in [9.17, 15) is 0 Å². The number of hydrogen-bond acceptors (Lipinski definition) is 5. The van der Waals surface area contributed by atoms with Crippen LogP contribution in [0.15, 0.2) is 12.4 Å². The maximum Gasteiger partial charge on any atom is 0.149 e. The van der Waals surface area contributed by atoms with Gasteiger partial charge in [-0.1, -0.05) is 0 Å². The second-order valence-electron chi connectivity index (χ2n) is 5.27. The number of hydrogen-bond donors (Lipinski definition) is 1. The van der Waals surface area contributed by atoms with E-state index < -0.39 is 0 Å². The molecule has 2 N–H and O–H groups in total. The summed E-state index contributed by atoms with van der Waals surface area (Å²) in [7, 11) is 1.71. The number of fused-ring (bicyclic) bond motifs is 1. The number of anilines is 1. The van der Waals surface area contributed by atoms with Crippen LogP contribution in [0.3, 0.4) is 0 Å². The lowest BCUT2D eigenvalue weighted by Gasteiger charge is -2.27. The number of nitrogens with two attached hydrogens (primary N) is 1. The molecule has 20 heavy (non-hydrogen) atoms. The van der Waals surface area contributed by atoms with Crippen molar-refractivity contribution < 1.29 is 9.47 Å². The van der Waals surface area contributed by atoms with Crippen molar-refractivity contribution in [2.24, 2.45) is 0 Å². The first-order chi connectivity index (χ1) is 9.70. The molecule has 0 spiro atoms. The number of rotatable bonds is 3. The van der Waals surface area contributed by atoms with Gasteiger partial charge in [-0.3, -0.25) is 4.40 Å². The molecule has 108 valence electrons. The van der Waals surface area contributed by atoms with Gasteiger partial charge in [0.25, 0.3) is 0 Å². The van der Waals surface area contributed by atoms with Gasteiger partial charge in [0.2, 0.25) is 0 Å². The first kappa shape index (κ1) is 13.3. The van der Waals surface area contributed by atoms with Gasteiger partial charge < -0.3 is 15.2 Å². The van der Waals surface area contributed by atoms with Crippen molar-refractivity contribution in [3.05, 3.63) is 23.9 Å². The summed E-state index contributed by atoms with van der Waals surface area (Å²) in [6.45, 7) is 3.30. The zero-order chi connectivity index (χ0) is 14.1. The molecular weight excluding hydrogens is 256 g/mol. The third-order valence-electron chi connectivity index (χ3n) is 3.87. The lowest BCUT2D eigenvalue weighted by atomic mass is 9.98. The van der Waals surface area contributed by atoms with Gasteiger partial charge in [0.05, 0.1) is 25.0 Å². The molecule has 6 nitrogen and oxygen atoms in total. The van der Waals surface area contributed by atoms with E-state index in [0.717, 1.165) is 29.9 Å². The Morgan fingerprint density at radius 3 is 3.05 bits per heavy atom. The number of imidazole rings is 1. The van der Waals surface area contributed by atoms with E-state index >= 15 is 0 Å². The minimum atomic E-state index is 0.204. The van der Waals surface area contributed by atoms with E-state index in [-0.39, 0.29) is 6.10 Å². The molecule has 0 amide bonds. The highest BCUT2D eigenvalue weighted by molar-refractivity contribution is 5.68. The Morgan fingerprint density at radius 2 is 2.35 bits per heavy atom. The van der Waals surface area contributed by atoms with E-state index in [4.69, 9.17) is 15.2 Å². The monoisotopic (exact) mass is 276 g/mol. The van der Waals surface area contributed by atoms with Crippen LogP contribution in [0.25, 0.3) is 5.52 Å². The lowest BCUT2D eigenvalue weighted by molar-refractivity contribution is -0.0388. The molecule has 1 saturated heterocycles. The number of aromatic nitrogens is 3. The van der Waals surface area contributed by atoms with Gasteiger partial charge in [-0.25, -0.2) is 9.97 Å². The second-order valence-corrected chi connectivity index (χ2v) is 5.27. The van der Waals surface area contributed by atoms with Crippen LogP contribution in [0.4, 0.5) is 5.82 Å². The summed E-state index contributed by atoms with van der Waals surface area (Å²) in [5.74, 6) is 1.84. The van der Waals surface area contributed by atoms with Gasteiger partial charge >= 0.3 is 0 Å². The number of aryl methyl sites for hydroxylation is 1. The quantitative estimate of drug-likeness (QED) is 0.920. The zero-order valence-electron chi connectivity index (χ0n) is 11.9. The summed E-state index contributed by atoms with van der Waals surface area (Å²) in [5, 5.41) is 0. The van der Waals surface area contributed by atoms with Crippen molar-refractivity contribution in [1.29, 1.82) is 0 Å². The predicted molar refractivity (Wildman–Crippen MR) is 75.7 cm³/mol. The highest BCUT2D eigenvalue weighted by atomic mass is 16.5. The molecular formula is C14H20N4O2. The summed E-state index contributed by atoms with van der Waals surface area (Å²) in [5.41, 5.74) is 7.77. The maximum absolute atomic E-state index is 5.94. The van der Waals surface area contributed by atoms with Gasteiger partial charge in [0, 0.05) is 25.4 Å². The fourth-order valence-electron chi connectivity index (χ4n) is 2.88. The summed E-state index contributed by atoms with van der Waals surface area (Å²) in [6, 6.07) is 0. The molecule has 0 saturated carbocycles. The first-order valence-corrected chi connectivity index (χ1v) is 6.90. The van der Waals surface area contributed by atoms with Crippen molar-refractivity contribution in [2.45, 2.75) is 31.8 Å². The third kappa shape index (κ3) is 2.25. The van der Waals surface area contributed by atoms with Crippen LogP contribution in [0, 0.1) is 6.92 Å². The minimum absolute atomic E-state index is 0.204. The maximum atomic E-state index is 5.94.